The van der Waals surface area contributed by atoms with Crippen molar-refractivity contribution in [1.29, 1.82) is 0 Å². The van der Waals surface area contributed by atoms with E-state index in [4.69, 9.17) is 8.83 Å². The second kappa shape index (κ2) is 6.49. The lowest BCUT2D eigenvalue weighted by Gasteiger charge is -2.26. The van der Waals surface area contributed by atoms with Gasteiger partial charge < -0.3 is 13.9 Å². The molecule has 6 heteroatoms. The Kier molecular flexibility index (Phi) is 3.94. The van der Waals surface area contributed by atoms with Gasteiger partial charge in [0.2, 0.25) is 11.0 Å². The Hall–Kier alpha value is -3.12. The summed E-state index contributed by atoms with van der Waals surface area (Å²) in [6, 6.07) is 9.99. The van der Waals surface area contributed by atoms with Crippen molar-refractivity contribution >= 4 is 32.9 Å². The summed E-state index contributed by atoms with van der Waals surface area (Å²) in [6.45, 7) is 2.33. The molecule has 4 aromatic rings. The fourth-order valence-electron chi connectivity index (χ4n) is 4.09. The SMILES string of the molecule is O=c1oc2ccccc2c2c(=O)c3ccc(O)c(CN4CCCCC4)c3oc12. The van der Waals surface area contributed by atoms with Crippen LogP contribution in [0, 0.1) is 0 Å². The zero-order valence-corrected chi connectivity index (χ0v) is 15.2. The maximum Gasteiger partial charge on any atom is 0.380 e. The van der Waals surface area contributed by atoms with Crippen LogP contribution >= 0.6 is 0 Å². The highest BCUT2D eigenvalue weighted by Gasteiger charge is 2.21. The van der Waals surface area contributed by atoms with Gasteiger partial charge in [0.1, 0.15) is 16.9 Å². The quantitative estimate of drug-likeness (QED) is 0.325. The van der Waals surface area contributed by atoms with E-state index in [9.17, 15) is 14.7 Å². The van der Waals surface area contributed by atoms with E-state index in [0.717, 1.165) is 25.9 Å². The van der Waals surface area contributed by atoms with Gasteiger partial charge in [-0.05, 0) is 44.1 Å². The number of phenols is 1. The molecule has 1 saturated heterocycles. The highest BCUT2D eigenvalue weighted by molar-refractivity contribution is 6.05. The number of phenolic OH excluding ortho intramolecular Hbond substituents is 1. The fourth-order valence-corrected chi connectivity index (χ4v) is 4.09. The smallest absolute Gasteiger partial charge is 0.380 e. The van der Waals surface area contributed by atoms with Crippen LogP contribution in [0.5, 0.6) is 5.75 Å². The molecule has 142 valence electrons. The van der Waals surface area contributed by atoms with Crippen molar-refractivity contribution in [2.75, 3.05) is 13.1 Å². The van der Waals surface area contributed by atoms with Crippen molar-refractivity contribution in [3.63, 3.8) is 0 Å². The van der Waals surface area contributed by atoms with Gasteiger partial charge in [-0.1, -0.05) is 24.6 Å². The number of hydrogen-bond donors (Lipinski definition) is 1. The van der Waals surface area contributed by atoms with Crippen molar-refractivity contribution in [3.8, 4) is 5.75 Å². The predicted molar refractivity (Wildman–Crippen MR) is 107 cm³/mol. The standard InChI is InChI=1S/C22H19NO5/c24-16-9-8-14-19(25)18-13-6-2-3-7-17(13)27-22(26)21(18)28-20(14)15(16)12-23-10-4-1-5-11-23/h2-3,6-9,24H,1,4-5,10-12H2. The lowest BCUT2D eigenvalue weighted by molar-refractivity contribution is 0.218. The van der Waals surface area contributed by atoms with Gasteiger partial charge in [-0.15, -0.1) is 0 Å². The topological polar surface area (TPSA) is 83.9 Å². The summed E-state index contributed by atoms with van der Waals surface area (Å²) < 4.78 is 11.3. The maximum absolute atomic E-state index is 13.3. The second-order valence-electron chi connectivity index (χ2n) is 7.30. The summed E-state index contributed by atoms with van der Waals surface area (Å²) in [6.07, 6.45) is 3.41. The Balaban J connectivity index is 1.83. The van der Waals surface area contributed by atoms with Crippen LogP contribution in [0.25, 0.3) is 32.9 Å². The Bertz CT molecular complexity index is 1330. The molecule has 0 bridgehead atoms. The largest absolute Gasteiger partial charge is 0.507 e. The molecule has 0 unspecified atom stereocenters. The first-order valence-corrected chi connectivity index (χ1v) is 9.49. The van der Waals surface area contributed by atoms with Gasteiger partial charge in [0.15, 0.2) is 0 Å². The van der Waals surface area contributed by atoms with Crippen molar-refractivity contribution in [1.82, 2.24) is 4.90 Å². The molecule has 0 aliphatic carbocycles. The summed E-state index contributed by atoms with van der Waals surface area (Å²) in [4.78, 5) is 28.0. The van der Waals surface area contributed by atoms with Crippen LogP contribution in [-0.4, -0.2) is 23.1 Å². The third-order valence-electron chi connectivity index (χ3n) is 5.51. The molecule has 3 heterocycles. The summed E-state index contributed by atoms with van der Waals surface area (Å²) in [7, 11) is 0. The predicted octanol–water partition coefficient (Wildman–Crippen LogP) is 3.74. The van der Waals surface area contributed by atoms with Crippen LogP contribution in [0.4, 0.5) is 0 Å². The number of hydrogen-bond acceptors (Lipinski definition) is 6. The highest BCUT2D eigenvalue weighted by atomic mass is 16.4. The van der Waals surface area contributed by atoms with E-state index in [-0.39, 0.29) is 27.7 Å². The van der Waals surface area contributed by atoms with E-state index in [2.05, 4.69) is 4.90 Å². The molecule has 0 radical (unpaired) electrons. The normalized spacial score (nSPS) is 15.6. The first kappa shape index (κ1) is 17.0. The number of piperidine rings is 1. The van der Waals surface area contributed by atoms with Crippen molar-refractivity contribution in [2.45, 2.75) is 25.8 Å². The Morgan fingerprint density at radius 1 is 0.893 bits per heavy atom. The molecule has 5 rings (SSSR count). The number of rotatable bonds is 2. The van der Waals surface area contributed by atoms with E-state index in [1.807, 2.05) is 0 Å². The lowest BCUT2D eigenvalue weighted by Crippen LogP contribution is -2.29. The van der Waals surface area contributed by atoms with Gasteiger partial charge in [0, 0.05) is 11.9 Å². The Morgan fingerprint density at radius 3 is 2.50 bits per heavy atom. The van der Waals surface area contributed by atoms with Gasteiger partial charge in [0.25, 0.3) is 0 Å². The summed E-state index contributed by atoms with van der Waals surface area (Å²) in [5.74, 6) is 0.0609. The number of nitrogens with zero attached hydrogens (tertiary/aromatic N) is 1. The van der Waals surface area contributed by atoms with E-state index in [1.165, 1.54) is 12.5 Å². The molecule has 0 atom stereocenters. The van der Waals surface area contributed by atoms with E-state index < -0.39 is 5.63 Å². The van der Waals surface area contributed by atoms with E-state index in [1.54, 1.807) is 30.3 Å². The third kappa shape index (κ3) is 2.60. The Morgan fingerprint density at radius 2 is 1.68 bits per heavy atom. The Labute approximate surface area is 159 Å². The molecule has 2 aromatic heterocycles. The molecule has 0 saturated carbocycles. The van der Waals surface area contributed by atoms with Crippen LogP contribution in [0.2, 0.25) is 0 Å². The molecule has 6 nitrogen and oxygen atoms in total. The van der Waals surface area contributed by atoms with Crippen molar-refractivity contribution in [2.24, 2.45) is 0 Å². The average molecular weight is 377 g/mol. The van der Waals surface area contributed by atoms with Gasteiger partial charge in [-0.25, -0.2) is 4.79 Å². The van der Waals surface area contributed by atoms with Crippen LogP contribution in [0.3, 0.4) is 0 Å². The average Bonchev–Trinajstić information content (AvgIpc) is 2.71. The molecular formula is C22H19NO5. The highest BCUT2D eigenvalue weighted by Crippen LogP contribution is 2.31. The van der Waals surface area contributed by atoms with Gasteiger partial charge in [-0.2, -0.15) is 0 Å². The first-order chi connectivity index (χ1) is 13.6. The minimum absolute atomic E-state index is 0.0609. The summed E-state index contributed by atoms with van der Waals surface area (Å²) >= 11 is 0. The summed E-state index contributed by atoms with van der Waals surface area (Å²) in [5.41, 5.74) is 0.0393. The van der Waals surface area contributed by atoms with Gasteiger partial charge >= 0.3 is 5.63 Å². The molecule has 1 aliphatic heterocycles. The zero-order valence-electron chi connectivity index (χ0n) is 15.2. The van der Waals surface area contributed by atoms with Crippen LogP contribution in [0.1, 0.15) is 24.8 Å². The first-order valence-electron chi connectivity index (χ1n) is 9.49. The zero-order chi connectivity index (χ0) is 19.3. The molecule has 0 amide bonds. The molecule has 0 spiro atoms. The van der Waals surface area contributed by atoms with Crippen molar-refractivity contribution < 1.29 is 13.9 Å². The van der Waals surface area contributed by atoms with E-state index in [0.29, 0.717) is 28.5 Å². The summed E-state index contributed by atoms with van der Waals surface area (Å²) in [5, 5.41) is 11.6. The van der Waals surface area contributed by atoms with E-state index >= 15 is 0 Å². The molecule has 1 N–H and O–H groups in total. The monoisotopic (exact) mass is 377 g/mol. The number of para-hydroxylation sites is 1. The number of aromatic hydroxyl groups is 1. The molecule has 1 aliphatic rings. The van der Waals surface area contributed by atoms with Gasteiger partial charge in [0.05, 0.1) is 16.3 Å². The lowest BCUT2D eigenvalue weighted by atomic mass is 10.0. The third-order valence-corrected chi connectivity index (χ3v) is 5.51. The molecular weight excluding hydrogens is 358 g/mol. The molecule has 1 fully saturated rings. The van der Waals surface area contributed by atoms with Crippen LogP contribution < -0.4 is 11.1 Å². The molecule has 2 aromatic carbocycles. The maximum atomic E-state index is 13.3. The number of fused-ring (bicyclic) bond motifs is 4. The van der Waals surface area contributed by atoms with Gasteiger partial charge in [-0.3, -0.25) is 9.69 Å². The molecule has 28 heavy (non-hydrogen) atoms. The van der Waals surface area contributed by atoms with Crippen LogP contribution in [0.15, 0.2) is 54.8 Å². The minimum Gasteiger partial charge on any atom is -0.507 e. The van der Waals surface area contributed by atoms with Crippen LogP contribution in [-0.2, 0) is 6.54 Å². The second-order valence-corrected chi connectivity index (χ2v) is 7.30. The minimum atomic E-state index is -0.694. The number of benzene rings is 2. The number of likely N-dealkylation sites (tertiary alicyclic amines) is 1. The van der Waals surface area contributed by atoms with Crippen molar-refractivity contribution in [3.05, 3.63) is 62.6 Å². The fraction of sp³-hybridized carbons (Fsp3) is 0.273.